The third-order valence-corrected chi connectivity index (χ3v) is 4.45. The number of hydrogen-bond donors (Lipinski definition) is 1. The van der Waals surface area contributed by atoms with Crippen molar-refractivity contribution >= 4 is 42.3 Å². The van der Waals surface area contributed by atoms with E-state index in [1.54, 1.807) is 0 Å². The van der Waals surface area contributed by atoms with Crippen molar-refractivity contribution < 1.29 is 4.79 Å². The van der Waals surface area contributed by atoms with Gasteiger partial charge in [0, 0.05) is 37.7 Å². The highest BCUT2D eigenvalue weighted by Gasteiger charge is 2.48. The van der Waals surface area contributed by atoms with Crippen molar-refractivity contribution in [2.24, 2.45) is 5.73 Å². The van der Waals surface area contributed by atoms with Gasteiger partial charge in [0.05, 0.1) is 5.54 Å². The van der Waals surface area contributed by atoms with Gasteiger partial charge in [-0.1, -0.05) is 23.7 Å². The molecule has 0 unspecified atom stereocenters. The summed E-state index contributed by atoms with van der Waals surface area (Å²) in [6.07, 6.45) is 1.69. The van der Waals surface area contributed by atoms with E-state index in [9.17, 15) is 4.79 Å². The molecule has 4 nitrogen and oxygen atoms in total. The fourth-order valence-corrected chi connectivity index (χ4v) is 2.75. The van der Waals surface area contributed by atoms with Gasteiger partial charge >= 0.3 is 0 Å². The Morgan fingerprint density at radius 3 is 2.14 bits per heavy atom. The minimum atomic E-state index is -0.529. The average Bonchev–Trinajstić information content (AvgIpc) is 3.21. The second kappa shape index (κ2) is 7.84. The van der Waals surface area contributed by atoms with Crippen LogP contribution >= 0.6 is 36.4 Å². The van der Waals surface area contributed by atoms with Crippen LogP contribution in [-0.4, -0.2) is 47.4 Å². The predicted molar refractivity (Wildman–Crippen MR) is 94.0 cm³/mol. The van der Waals surface area contributed by atoms with Gasteiger partial charge in [-0.2, -0.15) is 0 Å². The fraction of sp³-hybridized carbons (Fsp3) is 0.533. The minimum Gasteiger partial charge on any atom is -0.339 e. The van der Waals surface area contributed by atoms with E-state index >= 15 is 0 Å². The molecule has 3 rings (SSSR count). The zero-order valence-electron chi connectivity index (χ0n) is 12.3. The molecule has 0 atom stereocenters. The molecule has 1 aromatic rings. The normalized spacial score (nSPS) is 19.8. The monoisotopic (exact) mass is 365 g/mol. The Labute approximate surface area is 148 Å². The quantitative estimate of drug-likeness (QED) is 0.893. The van der Waals surface area contributed by atoms with Crippen molar-refractivity contribution in [1.82, 2.24) is 9.80 Å². The average molecular weight is 367 g/mol. The number of piperazine rings is 1. The van der Waals surface area contributed by atoms with E-state index in [1.807, 2.05) is 17.0 Å². The summed E-state index contributed by atoms with van der Waals surface area (Å²) in [7, 11) is 0. The van der Waals surface area contributed by atoms with Crippen LogP contribution in [0.15, 0.2) is 24.3 Å². The minimum absolute atomic E-state index is 0. The Kier molecular flexibility index (Phi) is 6.96. The molecule has 2 N–H and O–H groups in total. The van der Waals surface area contributed by atoms with E-state index in [0.29, 0.717) is 0 Å². The Hall–Kier alpha value is -0.520. The van der Waals surface area contributed by atoms with Crippen molar-refractivity contribution in [3.05, 3.63) is 34.9 Å². The first-order chi connectivity index (χ1) is 9.57. The standard InChI is InChI=1S/C15H20ClN3O.2ClH/c16-13-3-1-12(2-4-13)11-18-7-9-19(10-8-18)14(20)15(17)5-6-15;;/h1-4H,5-11,17H2;2*1H. The summed E-state index contributed by atoms with van der Waals surface area (Å²) in [5.41, 5.74) is 6.70. The van der Waals surface area contributed by atoms with Gasteiger partial charge in [0.25, 0.3) is 0 Å². The Balaban J connectivity index is 0.00000121. The van der Waals surface area contributed by atoms with E-state index < -0.39 is 5.54 Å². The van der Waals surface area contributed by atoms with Crippen molar-refractivity contribution in [1.29, 1.82) is 0 Å². The van der Waals surface area contributed by atoms with Crippen molar-refractivity contribution in [2.45, 2.75) is 24.9 Å². The molecule has 0 aromatic heterocycles. The van der Waals surface area contributed by atoms with Crippen LogP contribution in [0.2, 0.25) is 5.02 Å². The van der Waals surface area contributed by atoms with Crippen LogP contribution in [0, 0.1) is 0 Å². The summed E-state index contributed by atoms with van der Waals surface area (Å²) >= 11 is 5.89. The molecule has 1 aromatic carbocycles. The van der Waals surface area contributed by atoms with Crippen molar-refractivity contribution in [3.63, 3.8) is 0 Å². The van der Waals surface area contributed by atoms with Crippen LogP contribution in [0.4, 0.5) is 0 Å². The number of carbonyl (C=O) groups excluding carboxylic acids is 1. The van der Waals surface area contributed by atoms with Gasteiger partial charge in [0.2, 0.25) is 5.91 Å². The van der Waals surface area contributed by atoms with E-state index in [4.69, 9.17) is 17.3 Å². The molecule has 1 saturated carbocycles. The van der Waals surface area contributed by atoms with Crippen LogP contribution in [-0.2, 0) is 11.3 Å². The van der Waals surface area contributed by atoms with Crippen LogP contribution in [0.1, 0.15) is 18.4 Å². The first-order valence-corrected chi connectivity index (χ1v) is 7.50. The topological polar surface area (TPSA) is 49.6 Å². The molecule has 0 radical (unpaired) electrons. The molecule has 0 bridgehead atoms. The fourth-order valence-electron chi connectivity index (χ4n) is 2.62. The molecule has 1 amide bonds. The van der Waals surface area contributed by atoms with Gasteiger partial charge in [0.1, 0.15) is 0 Å². The summed E-state index contributed by atoms with van der Waals surface area (Å²) in [6, 6.07) is 7.95. The maximum absolute atomic E-state index is 12.2. The number of nitrogens with two attached hydrogens (primary N) is 1. The van der Waals surface area contributed by atoms with Gasteiger partial charge in [-0.05, 0) is 30.5 Å². The lowest BCUT2D eigenvalue weighted by atomic mass is 10.2. The molecule has 22 heavy (non-hydrogen) atoms. The summed E-state index contributed by atoms with van der Waals surface area (Å²) in [5, 5.41) is 0.766. The number of benzene rings is 1. The Morgan fingerprint density at radius 1 is 1.09 bits per heavy atom. The summed E-state index contributed by atoms with van der Waals surface area (Å²) in [5.74, 6) is 0.142. The summed E-state index contributed by atoms with van der Waals surface area (Å²) < 4.78 is 0. The van der Waals surface area contributed by atoms with E-state index in [-0.39, 0.29) is 30.7 Å². The van der Waals surface area contributed by atoms with Gasteiger partial charge in [-0.25, -0.2) is 0 Å². The first kappa shape index (κ1) is 19.5. The van der Waals surface area contributed by atoms with E-state index in [0.717, 1.165) is 50.6 Å². The molecule has 1 aliphatic carbocycles. The predicted octanol–water partition coefficient (Wildman–Crippen LogP) is 2.32. The molecule has 124 valence electrons. The molecule has 7 heteroatoms. The number of rotatable bonds is 3. The number of amides is 1. The highest BCUT2D eigenvalue weighted by atomic mass is 35.5. The second-order valence-corrected chi connectivity index (χ2v) is 6.29. The zero-order chi connectivity index (χ0) is 14.2. The van der Waals surface area contributed by atoms with E-state index in [2.05, 4.69) is 17.0 Å². The third kappa shape index (κ3) is 4.49. The van der Waals surface area contributed by atoms with Crippen LogP contribution in [0.5, 0.6) is 0 Å². The van der Waals surface area contributed by atoms with Gasteiger partial charge in [-0.15, -0.1) is 24.8 Å². The third-order valence-electron chi connectivity index (χ3n) is 4.19. The maximum atomic E-state index is 12.2. The molecule has 2 aliphatic rings. The van der Waals surface area contributed by atoms with E-state index in [1.165, 1.54) is 5.56 Å². The van der Waals surface area contributed by atoms with Gasteiger partial charge < -0.3 is 10.6 Å². The first-order valence-electron chi connectivity index (χ1n) is 7.12. The molecule has 1 heterocycles. The lowest BCUT2D eigenvalue weighted by Crippen LogP contribution is -2.53. The molecule has 1 saturated heterocycles. The van der Waals surface area contributed by atoms with Crippen LogP contribution in [0.3, 0.4) is 0 Å². The number of nitrogens with zero attached hydrogens (tertiary/aromatic N) is 2. The number of carbonyl (C=O) groups is 1. The lowest BCUT2D eigenvalue weighted by molar-refractivity contribution is -0.135. The molecule has 0 spiro atoms. The van der Waals surface area contributed by atoms with Gasteiger partial charge in [-0.3, -0.25) is 9.69 Å². The molecular formula is C15H22Cl3N3O. The van der Waals surface area contributed by atoms with Crippen molar-refractivity contribution in [3.8, 4) is 0 Å². The lowest BCUT2D eigenvalue weighted by Gasteiger charge is -2.36. The number of hydrogen-bond acceptors (Lipinski definition) is 3. The maximum Gasteiger partial charge on any atom is 0.242 e. The SMILES string of the molecule is Cl.Cl.NC1(C(=O)N2CCN(Cc3ccc(Cl)cc3)CC2)CC1. The molecule has 1 aliphatic heterocycles. The Morgan fingerprint density at radius 2 is 1.64 bits per heavy atom. The molecular weight excluding hydrogens is 345 g/mol. The zero-order valence-corrected chi connectivity index (χ0v) is 14.7. The number of halogens is 3. The smallest absolute Gasteiger partial charge is 0.242 e. The molecule has 2 fully saturated rings. The second-order valence-electron chi connectivity index (χ2n) is 5.85. The summed E-state index contributed by atoms with van der Waals surface area (Å²) in [4.78, 5) is 16.4. The highest BCUT2D eigenvalue weighted by molar-refractivity contribution is 6.30. The van der Waals surface area contributed by atoms with Crippen molar-refractivity contribution in [2.75, 3.05) is 26.2 Å². The highest BCUT2D eigenvalue weighted by Crippen LogP contribution is 2.34. The van der Waals surface area contributed by atoms with Crippen LogP contribution < -0.4 is 5.73 Å². The summed E-state index contributed by atoms with van der Waals surface area (Å²) in [6.45, 7) is 4.29. The van der Waals surface area contributed by atoms with Crippen LogP contribution in [0.25, 0.3) is 0 Å². The Bertz CT molecular complexity index is 497. The largest absolute Gasteiger partial charge is 0.339 e. The van der Waals surface area contributed by atoms with Gasteiger partial charge in [0.15, 0.2) is 0 Å².